The highest BCUT2D eigenvalue weighted by Crippen LogP contribution is 2.53. The van der Waals surface area contributed by atoms with Crippen molar-refractivity contribution in [1.82, 2.24) is 0 Å². The Bertz CT molecular complexity index is 2740. The molecule has 0 aromatic heterocycles. The van der Waals surface area contributed by atoms with Crippen molar-refractivity contribution in [3.63, 3.8) is 0 Å². The lowest BCUT2D eigenvalue weighted by atomic mass is 9.84. The van der Waals surface area contributed by atoms with Crippen LogP contribution in [0.2, 0.25) is 0 Å². The van der Waals surface area contributed by atoms with Gasteiger partial charge in [0.25, 0.3) is 0 Å². The van der Waals surface area contributed by atoms with E-state index in [1.807, 2.05) is 6.07 Å². The zero-order valence-corrected chi connectivity index (χ0v) is 24.5. The Morgan fingerprint density at radius 2 is 0.978 bits per heavy atom. The molecule has 0 radical (unpaired) electrons. The SMILES string of the molecule is Nc1ccc2c(c1)C(c1cccc3cc4ccc5cc6cc7ccccc7cc6cc5c4cc13)c1cc(N)c3ccccc3c1-2. The first-order valence-electron chi connectivity index (χ1n) is 15.5. The Kier molecular flexibility index (Phi) is 4.83. The fraction of sp³-hybridized carbons (Fsp3) is 0.0233. The average Bonchev–Trinajstić information content (AvgIpc) is 3.38. The van der Waals surface area contributed by atoms with Crippen LogP contribution < -0.4 is 11.5 Å². The second-order valence-electron chi connectivity index (χ2n) is 12.6. The van der Waals surface area contributed by atoms with Crippen molar-refractivity contribution in [2.24, 2.45) is 0 Å². The maximum absolute atomic E-state index is 6.74. The summed E-state index contributed by atoms with van der Waals surface area (Å²) >= 11 is 0. The van der Waals surface area contributed by atoms with E-state index in [2.05, 4.69) is 133 Å². The fourth-order valence-electron chi connectivity index (χ4n) is 8.05. The van der Waals surface area contributed by atoms with Crippen LogP contribution in [0.15, 0.2) is 140 Å². The standard InChI is InChI=1S/C43H28N2/c44-31-14-15-35-39(21-31)43(40-23-41(45)32-9-3-4-10-33(32)42(35)40)34-11-5-8-26-18-27-12-13-28-19-29-16-24-6-1-2-7-25(24)17-30(29)20-36(28)38(27)22-37(26)34/h1-23,43H,44-45H2. The second-order valence-corrected chi connectivity index (χ2v) is 12.6. The molecular weight excluding hydrogens is 544 g/mol. The Hall–Kier alpha value is -5.86. The molecule has 9 aromatic carbocycles. The first-order valence-corrected chi connectivity index (χ1v) is 15.5. The molecule has 45 heavy (non-hydrogen) atoms. The summed E-state index contributed by atoms with van der Waals surface area (Å²) < 4.78 is 0. The first-order chi connectivity index (χ1) is 22.1. The van der Waals surface area contributed by atoms with Gasteiger partial charge in [-0.1, -0.05) is 84.9 Å². The molecule has 1 unspecified atom stereocenters. The Balaban J connectivity index is 1.28. The van der Waals surface area contributed by atoms with Gasteiger partial charge < -0.3 is 11.5 Å². The Morgan fingerprint density at radius 3 is 1.78 bits per heavy atom. The number of anilines is 2. The molecule has 0 bridgehead atoms. The summed E-state index contributed by atoms with van der Waals surface area (Å²) in [6, 6.07) is 51.0. The third-order valence-electron chi connectivity index (χ3n) is 10.1. The van der Waals surface area contributed by atoms with E-state index in [1.165, 1.54) is 87.1 Å². The first kappa shape index (κ1) is 24.6. The predicted octanol–water partition coefficient (Wildman–Crippen LogP) is 10.9. The van der Waals surface area contributed by atoms with Crippen LogP contribution in [0.1, 0.15) is 22.6 Å². The molecule has 0 spiro atoms. The van der Waals surface area contributed by atoms with Crippen molar-refractivity contribution in [2.75, 3.05) is 11.5 Å². The zero-order valence-electron chi connectivity index (χ0n) is 24.5. The number of hydrogen-bond donors (Lipinski definition) is 2. The molecule has 2 heteroatoms. The number of benzene rings is 9. The van der Waals surface area contributed by atoms with Crippen molar-refractivity contribution >= 4 is 76.0 Å². The second kappa shape index (κ2) is 8.84. The summed E-state index contributed by atoms with van der Waals surface area (Å²) in [5.41, 5.74) is 21.0. The maximum atomic E-state index is 6.74. The lowest BCUT2D eigenvalue weighted by molar-refractivity contribution is 1.03. The number of hydrogen-bond acceptors (Lipinski definition) is 2. The van der Waals surface area contributed by atoms with Gasteiger partial charge in [-0.05, 0) is 142 Å². The van der Waals surface area contributed by atoms with Gasteiger partial charge in [0.15, 0.2) is 0 Å². The van der Waals surface area contributed by atoms with Crippen LogP contribution in [0.3, 0.4) is 0 Å². The average molecular weight is 573 g/mol. The van der Waals surface area contributed by atoms with Crippen LogP contribution >= 0.6 is 0 Å². The molecular formula is C43H28N2. The van der Waals surface area contributed by atoms with E-state index < -0.39 is 0 Å². The monoisotopic (exact) mass is 572 g/mol. The van der Waals surface area contributed by atoms with Crippen LogP contribution in [0.5, 0.6) is 0 Å². The molecule has 1 atom stereocenters. The highest BCUT2D eigenvalue weighted by atomic mass is 14.6. The quantitative estimate of drug-likeness (QED) is 0.117. The molecule has 0 saturated carbocycles. The minimum atomic E-state index is 0.0220. The van der Waals surface area contributed by atoms with E-state index in [0.29, 0.717) is 0 Å². The molecule has 0 heterocycles. The van der Waals surface area contributed by atoms with Crippen LogP contribution in [0.25, 0.3) is 75.8 Å². The minimum Gasteiger partial charge on any atom is -0.399 e. The highest BCUT2D eigenvalue weighted by Gasteiger charge is 2.33. The minimum absolute atomic E-state index is 0.0220. The molecule has 210 valence electrons. The van der Waals surface area contributed by atoms with E-state index in [4.69, 9.17) is 11.5 Å². The van der Waals surface area contributed by atoms with Crippen LogP contribution in [0, 0.1) is 0 Å². The van der Waals surface area contributed by atoms with Gasteiger partial charge in [0, 0.05) is 22.7 Å². The van der Waals surface area contributed by atoms with E-state index in [-0.39, 0.29) is 5.92 Å². The molecule has 2 nitrogen and oxygen atoms in total. The van der Waals surface area contributed by atoms with Crippen LogP contribution in [0.4, 0.5) is 11.4 Å². The van der Waals surface area contributed by atoms with Crippen molar-refractivity contribution in [3.8, 4) is 11.1 Å². The smallest absolute Gasteiger partial charge is 0.0397 e. The molecule has 1 aliphatic rings. The Labute approximate surface area is 260 Å². The van der Waals surface area contributed by atoms with Crippen molar-refractivity contribution in [3.05, 3.63) is 156 Å². The number of nitrogens with two attached hydrogens (primary N) is 2. The van der Waals surface area contributed by atoms with Gasteiger partial charge in [0.05, 0.1) is 0 Å². The highest BCUT2D eigenvalue weighted by molar-refractivity contribution is 6.17. The fourth-order valence-corrected chi connectivity index (χ4v) is 8.05. The van der Waals surface area contributed by atoms with Crippen molar-refractivity contribution in [1.29, 1.82) is 0 Å². The van der Waals surface area contributed by atoms with Gasteiger partial charge in [-0.15, -0.1) is 0 Å². The summed E-state index contributed by atoms with van der Waals surface area (Å²) in [6.07, 6.45) is 0. The molecule has 0 fully saturated rings. The van der Waals surface area contributed by atoms with Gasteiger partial charge in [-0.2, -0.15) is 0 Å². The van der Waals surface area contributed by atoms with Crippen molar-refractivity contribution < 1.29 is 0 Å². The molecule has 0 saturated heterocycles. The van der Waals surface area contributed by atoms with Crippen LogP contribution in [-0.2, 0) is 0 Å². The lowest BCUT2D eigenvalue weighted by Crippen LogP contribution is -2.02. The third kappa shape index (κ3) is 3.45. The van der Waals surface area contributed by atoms with Gasteiger partial charge in [0.2, 0.25) is 0 Å². The van der Waals surface area contributed by atoms with E-state index in [0.717, 1.165) is 16.8 Å². The van der Waals surface area contributed by atoms with Gasteiger partial charge in [0.1, 0.15) is 0 Å². The zero-order chi connectivity index (χ0) is 29.8. The topological polar surface area (TPSA) is 52.0 Å². The third-order valence-corrected chi connectivity index (χ3v) is 10.1. The predicted molar refractivity (Wildman–Crippen MR) is 193 cm³/mol. The molecule has 9 aromatic rings. The van der Waals surface area contributed by atoms with E-state index in [1.54, 1.807) is 0 Å². The normalized spacial score (nSPS) is 14.2. The van der Waals surface area contributed by atoms with Gasteiger partial charge in [-0.3, -0.25) is 0 Å². The van der Waals surface area contributed by atoms with Gasteiger partial charge >= 0.3 is 0 Å². The number of nitrogen functional groups attached to an aromatic ring is 2. The summed E-state index contributed by atoms with van der Waals surface area (Å²) in [4.78, 5) is 0. The largest absolute Gasteiger partial charge is 0.399 e. The number of rotatable bonds is 1. The molecule has 10 rings (SSSR count). The Morgan fingerprint density at radius 1 is 0.356 bits per heavy atom. The van der Waals surface area contributed by atoms with Crippen LogP contribution in [-0.4, -0.2) is 0 Å². The summed E-state index contributed by atoms with van der Waals surface area (Å²) in [7, 11) is 0. The van der Waals surface area contributed by atoms with Crippen molar-refractivity contribution in [2.45, 2.75) is 5.92 Å². The summed E-state index contributed by atoms with van der Waals surface area (Å²) in [6.45, 7) is 0. The molecule has 1 aliphatic carbocycles. The van der Waals surface area contributed by atoms with Gasteiger partial charge in [-0.25, -0.2) is 0 Å². The maximum Gasteiger partial charge on any atom is 0.0397 e. The lowest BCUT2D eigenvalue weighted by Gasteiger charge is -2.19. The van der Waals surface area contributed by atoms with E-state index >= 15 is 0 Å². The molecule has 0 aliphatic heterocycles. The number of fused-ring (bicyclic) bond motifs is 11. The molecule has 0 amide bonds. The molecule has 4 N–H and O–H groups in total. The summed E-state index contributed by atoms with van der Waals surface area (Å²) in [5.74, 6) is 0.0220. The summed E-state index contributed by atoms with van der Waals surface area (Å²) in [5, 5.41) is 14.9. The van der Waals surface area contributed by atoms with E-state index in [9.17, 15) is 0 Å².